The molecule has 2 fully saturated rings. The third kappa shape index (κ3) is 7.69. The molecule has 2 aliphatic rings. The van der Waals surface area contributed by atoms with E-state index in [1.807, 2.05) is 0 Å². The van der Waals surface area contributed by atoms with Crippen LogP contribution in [0.15, 0.2) is 41.8 Å². The first-order valence-corrected chi connectivity index (χ1v) is 13.2. The second kappa shape index (κ2) is 12.6. The molecule has 1 aromatic rings. The van der Waals surface area contributed by atoms with Crippen molar-refractivity contribution in [3.63, 3.8) is 0 Å². The van der Waals surface area contributed by atoms with Gasteiger partial charge in [0.25, 0.3) is 5.91 Å². The maximum atomic E-state index is 15.5. The van der Waals surface area contributed by atoms with Crippen LogP contribution >= 0.6 is 23.2 Å². The Kier molecular flexibility index (Phi) is 10.0. The number of alkyl halides is 4. The second-order valence-electron chi connectivity index (χ2n) is 9.78. The van der Waals surface area contributed by atoms with Gasteiger partial charge in [-0.15, -0.1) is 6.58 Å². The van der Waals surface area contributed by atoms with Crippen LogP contribution in [0.25, 0.3) is 0 Å². The molecule has 2 saturated carbocycles. The predicted octanol–water partition coefficient (Wildman–Crippen LogP) is 6.63. The summed E-state index contributed by atoms with van der Waals surface area (Å²) in [7, 11) is 0. The van der Waals surface area contributed by atoms with Crippen LogP contribution in [0.2, 0.25) is 10.0 Å². The van der Waals surface area contributed by atoms with E-state index < -0.39 is 35.1 Å². The number of aromatic nitrogens is 1. The number of amides is 1. The van der Waals surface area contributed by atoms with Crippen LogP contribution < -0.4 is 5.73 Å². The molecule has 3 rings (SSSR count). The highest BCUT2D eigenvalue weighted by Gasteiger charge is 2.44. The summed E-state index contributed by atoms with van der Waals surface area (Å²) in [6.45, 7) is 3.28. The van der Waals surface area contributed by atoms with Gasteiger partial charge >= 0.3 is 6.18 Å². The van der Waals surface area contributed by atoms with Crippen molar-refractivity contribution in [1.82, 2.24) is 9.88 Å². The van der Waals surface area contributed by atoms with Crippen LogP contribution in [-0.4, -0.2) is 52.5 Å². The van der Waals surface area contributed by atoms with Crippen LogP contribution in [0.5, 0.6) is 0 Å². The van der Waals surface area contributed by atoms with E-state index in [0.29, 0.717) is 50.3 Å². The molecule has 0 radical (unpaired) electrons. The van der Waals surface area contributed by atoms with Gasteiger partial charge in [0.15, 0.2) is 5.71 Å². The normalized spacial score (nSPS) is 22.6. The van der Waals surface area contributed by atoms with Gasteiger partial charge in [-0.1, -0.05) is 42.1 Å². The fourth-order valence-corrected chi connectivity index (χ4v) is 5.60. The van der Waals surface area contributed by atoms with Crippen molar-refractivity contribution in [2.45, 2.75) is 75.7 Å². The maximum Gasteiger partial charge on any atom is 0.433 e. The van der Waals surface area contributed by atoms with Gasteiger partial charge in [-0.3, -0.25) is 14.8 Å². The molecule has 0 spiro atoms. The van der Waals surface area contributed by atoms with Crippen molar-refractivity contribution in [2.24, 2.45) is 16.6 Å². The van der Waals surface area contributed by atoms with Crippen molar-refractivity contribution >= 4 is 34.8 Å². The van der Waals surface area contributed by atoms with E-state index >= 15 is 4.39 Å². The fourth-order valence-electron chi connectivity index (χ4n) is 5.05. The minimum absolute atomic E-state index is 0.101. The van der Waals surface area contributed by atoms with Gasteiger partial charge in [-0.2, -0.15) is 13.2 Å². The minimum Gasteiger partial charge on any atom is -0.404 e. The van der Waals surface area contributed by atoms with Crippen molar-refractivity contribution in [3.05, 3.63) is 52.4 Å². The first kappa shape index (κ1) is 29.4. The number of rotatable bonds is 9. The van der Waals surface area contributed by atoms with Crippen LogP contribution in [0.3, 0.4) is 0 Å². The number of carbonyl (C=O) groups excluding carboxylic acids is 1. The first-order chi connectivity index (χ1) is 17.5. The number of halogens is 6. The molecule has 1 aromatic heterocycles. The Morgan fingerprint density at radius 1 is 1.19 bits per heavy atom. The molecule has 11 heteroatoms. The molecule has 0 bridgehead atoms. The molecule has 0 aliphatic heterocycles. The highest BCUT2D eigenvalue weighted by molar-refractivity contribution is 6.35. The fraction of sp³-hybridized carbons (Fsp3) is 0.577. The van der Waals surface area contributed by atoms with E-state index in [1.165, 1.54) is 12.4 Å². The molecule has 204 valence electrons. The van der Waals surface area contributed by atoms with E-state index in [0.717, 1.165) is 4.90 Å². The number of carbonyl (C=O) groups is 1. The van der Waals surface area contributed by atoms with Gasteiger partial charge in [0.05, 0.1) is 28.2 Å². The Morgan fingerprint density at radius 2 is 1.78 bits per heavy atom. The average molecular weight is 563 g/mol. The molecule has 1 heterocycles. The van der Waals surface area contributed by atoms with Gasteiger partial charge in [0, 0.05) is 25.1 Å². The summed E-state index contributed by atoms with van der Waals surface area (Å²) in [5.74, 6) is -0.787. The summed E-state index contributed by atoms with van der Waals surface area (Å²) in [4.78, 5) is 22.5. The van der Waals surface area contributed by atoms with Crippen LogP contribution in [-0.2, 0) is 11.2 Å². The number of pyridine rings is 1. The molecule has 0 unspecified atom stereocenters. The predicted molar refractivity (Wildman–Crippen MR) is 139 cm³/mol. The van der Waals surface area contributed by atoms with Crippen molar-refractivity contribution in [1.29, 1.82) is 0 Å². The van der Waals surface area contributed by atoms with E-state index in [-0.39, 0.29) is 48.3 Å². The lowest BCUT2D eigenvalue weighted by Crippen LogP contribution is -2.46. The molecule has 2 N–H and O–H groups in total. The van der Waals surface area contributed by atoms with Crippen LogP contribution in [0, 0.1) is 5.92 Å². The van der Waals surface area contributed by atoms with Gasteiger partial charge < -0.3 is 10.6 Å². The lowest BCUT2D eigenvalue weighted by Gasteiger charge is -2.31. The topological polar surface area (TPSA) is 71.6 Å². The second-order valence-corrected chi connectivity index (χ2v) is 10.6. The van der Waals surface area contributed by atoms with E-state index in [1.54, 1.807) is 6.08 Å². The smallest absolute Gasteiger partial charge is 0.404 e. The quantitative estimate of drug-likeness (QED) is 0.159. The number of hydrogen-bond acceptors (Lipinski definition) is 4. The van der Waals surface area contributed by atoms with Crippen LogP contribution in [0.1, 0.15) is 56.9 Å². The molecule has 0 aromatic carbocycles. The summed E-state index contributed by atoms with van der Waals surface area (Å²) in [5.41, 5.74) is 2.27. The van der Waals surface area contributed by atoms with Crippen molar-refractivity contribution in [3.8, 4) is 0 Å². The third-order valence-corrected chi connectivity index (χ3v) is 7.80. The molecule has 5 nitrogen and oxygen atoms in total. The highest BCUT2D eigenvalue weighted by Crippen LogP contribution is 2.36. The standard InChI is InChI=1S/C26H32Cl2F4N4O/c1-2-17-5-7-18(8-6-17)35-23(26(30,31)32)20(13-33)24(37)36(16-25(29)10-3-4-11-25)12-9-19-21(27)14-34-15-22(19)28/h2,13-15,17-18H,1,3-12,16,33H2. The number of nitrogens with zero attached hydrogens (tertiary/aromatic N) is 3. The van der Waals surface area contributed by atoms with E-state index in [2.05, 4.69) is 16.6 Å². The molecule has 37 heavy (non-hydrogen) atoms. The molecule has 0 saturated heterocycles. The number of allylic oxidation sites excluding steroid dienone is 1. The number of hydrogen-bond donors (Lipinski definition) is 1. The lowest BCUT2D eigenvalue weighted by molar-refractivity contribution is -0.129. The molecular weight excluding hydrogens is 531 g/mol. The Morgan fingerprint density at radius 3 is 2.30 bits per heavy atom. The summed E-state index contributed by atoms with van der Waals surface area (Å²) in [6, 6.07) is -0.596. The monoisotopic (exact) mass is 562 g/mol. The Balaban J connectivity index is 1.90. The Labute approximate surface area is 224 Å². The van der Waals surface area contributed by atoms with Gasteiger partial charge in [0.1, 0.15) is 5.67 Å². The SMILES string of the molecule is C=CC1CCC(N=C(C(=CN)C(=O)N(CCc2c(Cl)cncc2Cl)CC2(F)CCCC2)C(F)(F)F)CC1. The summed E-state index contributed by atoms with van der Waals surface area (Å²) >= 11 is 12.4. The lowest BCUT2D eigenvalue weighted by atomic mass is 9.86. The minimum atomic E-state index is -4.92. The molecule has 2 aliphatic carbocycles. The van der Waals surface area contributed by atoms with E-state index in [9.17, 15) is 18.0 Å². The number of nitrogens with two attached hydrogens (primary N) is 1. The average Bonchev–Trinajstić information content (AvgIpc) is 3.28. The summed E-state index contributed by atoms with van der Waals surface area (Å²) < 4.78 is 58.0. The molecule has 1 amide bonds. The van der Waals surface area contributed by atoms with Gasteiger partial charge in [-0.25, -0.2) is 4.39 Å². The van der Waals surface area contributed by atoms with Gasteiger partial charge in [-0.05, 0) is 56.4 Å². The zero-order valence-corrected chi connectivity index (χ0v) is 22.1. The summed E-state index contributed by atoms with van der Waals surface area (Å²) in [5, 5.41) is 0.496. The number of aliphatic imine (C=N–C) groups is 1. The Hall–Kier alpha value is -2.13. The largest absolute Gasteiger partial charge is 0.433 e. The van der Waals surface area contributed by atoms with Gasteiger partial charge in [0.2, 0.25) is 0 Å². The van der Waals surface area contributed by atoms with Crippen LogP contribution in [0.4, 0.5) is 17.6 Å². The van der Waals surface area contributed by atoms with Crippen molar-refractivity contribution < 1.29 is 22.4 Å². The first-order valence-electron chi connectivity index (χ1n) is 12.4. The zero-order chi connectivity index (χ0) is 27.2. The zero-order valence-electron chi connectivity index (χ0n) is 20.5. The summed E-state index contributed by atoms with van der Waals surface area (Å²) in [6.07, 6.45) is 4.33. The molecular formula is C26H32Cl2F4N4O. The Bertz CT molecular complexity index is 1010. The van der Waals surface area contributed by atoms with Crippen molar-refractivity contribution in [2.75, 3.05) is 13.1 Å². The highest BCUT2D eigenvalue weighted by atomic mass is 35.5. The third-order valence-electron chi connectivity index (χ3n) is 7.15. The molecule has 0 atom stereocenters. The maximum absolute atomic E-state index is 15.5. The van der Waals surface area contributed by atoms with E-state index in [4.69, 9.17) is 28.9 Å².